The largest absolute Gasteiger partial charge is 0.416 e. The average molecular weight is 509 g/mol. The number of halogens is 7. The van der Waals surface area contributed by atoms with Crippen molar-refractivity contribution in [2.45, 2.75) is 63.6 Å². The van der Waals surface area contributed by atoms with Gasteiger partial charge in [0.1, 0.15) is 6.17 Å². The van der Waals surface area contributed by atoms with Crippen molar-refractivity contribution in [1.29, 1.82) is 0 Å². The molecule has 0 saturated heterocycles. The molecule has 1 aliphatic carbocycles. The van der Waals surface area contributed by atoms with Gasteiger partial charge in [0.2, 0.25) is 11.7 Å². The van der Waals surface area contributed by atoms with E-state index in [9.17, 15) is 35.5 Å². The van der Waals surface area contributed by atoms with Crippen LogP contribution in [0.3, 0.4) is 0 Å². The first-order chi connectivity index (χ1) is 16.2. The third kappa shape index (κ3) is 6.92. The minimum Gasteiger partial charge on any atom is -0.382 e. The normalized spacial score (nSPS) is 21.7. The van der Waals surface area contributed by atoms with Crippen LogP contribution in [0.4, 0.5) is 36.6 Å². The molecule has 2 aromatic rings. The number of nitrogens with two attached hydrogens (primary N) is 1. The molecule has 3 N–H and O–H groups in total. The Morgan fingerprint density at radius 3 is 2.31 bits per heavy atom. The molecule has 0 aliphatic heterocycles. The van der Waals surface area contributed by atoms with Gasteiger partial charge in [-0.05, 0) is 65.7 Å². The fraction of sp³-hybridized carbons (Fsp3) is 0.524. The molecule has 1 unspecified atom stereocenters. The van der Waals surface area contributed by atoms with Crippen LogP contribution >= 0.6 is 0 Å². The van der Waals surface area contributed by atoms with Gasteiger partial charge in [-0.25, -0.2) is 9.02 Å². The maximum Gasteiger partial charge on any atom is 0.416 e. The van der Waals surface area contributed by atoms with E-state index in [1.165, 1.54) is 0 Å². The van der Waals surface area contributed by atoms with Gasteiger partial charge in [0.15, 0.2) is 11.5 Å². The Hall–Kier alpha value is -3.19. The fourth-order valence-corrected chi connectivity index (χ4v) is 3.76. The van der Waals surface area contributed by atoms with E-state index in [0.29, 0.717) is 31.4 Å². The molecular weight excluding hydrogens is 487 g/mol. The zero-order valence-corrected chi connectivity index (χ0v) is 18.4. The molecule has 35 heavy (non-hydrogen) atoms. The highest BCUT2D eigenvalue weighted by atomic mass is 19.4. The van der Waals surface area contributed by atoms with Gasteiger partial charge in [0, 0.05) is 6.42 Å². The number of alkyl halides is 7. The van der Waals surface area contributed by atoms with Crippen molar-refractivity contribution in [2.24, 2.45) is 16.6 Å². The van der Waals surface area contributed by atoms with Crippen molar-refractivity contribution in [1.82, 2.24) is 10.3 Å². The van der Waals surface area contributed by atoms with Crippen molar-refractivity contribution < 1.29 is 40.2 Å². The van der Waals surface area contributed by atoms with Crippen LogP contribution in [0.2, 0.25) is 0 Å². The number of amidine groups is 1. The molecule has 1 saturated carbocycles. The predicted molar refractivity (Wildman–Crippen MR) is 110 cm³/mol. The van der Waals surface area contributed by atoms with Crippen LogP contribution in [0.15, 0.2) is 27.8 Å². The Balaban J connectivity index is 1.68. The minimum atomic E-state index is -4.99. The van der Waals surface area contributed by atoms with Gasteiger partial charge in [-0.2, -0.15) is 26.3 Å². The number of hydrogen-bond donors (Lipinski definition) is 2. The van der Waals surface area contributed by atoms with Gasteiger partial charge in [-0.3, -0.25) is 9.79 Å². The molecule has 0 spiro atoms. The maximum absolute atomic E-state index is 13.6. The fourth-order valence-electron chi connectivity index (χ4n) is 3.76. The van der Waals surface area contributed by atoms with Crippen LogP contribution in [0, 0.1) is 5.92 Å². The van der Waals surface area contributed by atoms with Crippen LogP contribution in [-0.4, -0.2) is 34.3 Å². The predicted octanol–water partition coefficient (Wildman–Crippen LogP) is 4.91. The number of benzene rings is 1. The van der Waals surface area contributed by atoms with Crippen LogP contribution in [0.5, 0.6) is 0 Å². The van der Waals surface area contributed by atoms with E-state index in [0.717, 1.165) is 0 Å². The number of nitrogens with one attached hydrogen (secondary N) is 1. The Kier molecular flexibility index (Phi) is 7.70. The molecule has 1 fully saturated rings. The number of hydrogen-bond acceptors (Lipinski definition) is 5. The van der Waals surface area contributed by atoms with Gasteiger partial charge >= 0.3 is 12.4 Å². The molecule has 1 aliphatic rings. The average Bonchev–Trinajstić information content (AvgIpc) is 3.21. The molecular formula is C21H22F7N5O2. The smallest absolute Gasteiger partial charge is 0.382 e. The lowest BCUT2D eigenvalue weighted by molar-refractivity contribution is -0.143. The number of amides is 1. The standard InChI is InChI=1S/C21H22F7N5O2/c1-10-6-14(3-4-15(10)22)30-18(29)17-19(33-35-32-17)31-16(34)5-2-11-7-12(20(23,24)25)9-13(8-11)21(26,27)28/h7-10,14-15H,2-6H2,1H3,(H2,29,30)(H,31,33,34)/t10-,14-,15?/m0/s1. The minimum absolute atomic E-state index is 0.0137. The van der Waals surface area contributed by atoms with Crippen LogP contribution in [-0.2, 0) is 23.6 Å². The lowest BCUT2D eigenvalue weighted by Gasteiger charge is -2.27. The van der Waals surface area contributed by atoms with E-state index in [1.54, 1.807) is 6.92 Å². The Bertz CT molecular complexity index is 1050. The lowest BCUT2D eigenvalue weighted by atomic mass is 9.86. The monoisotopic (exact) mass is 509 g/mol. The molecule has 1 aromatic heterocycles. The van der Waals surface area contributed by atoms with E-state index in [1.807, 2.05) is 0 Å². The van der Waals surface area contributed by atoms with Gasteiger partial charge in [0.25, 0.3) is 0 Å². The molecule has 0 bridgehead atoms. The second-order valence-electron chi connectivity index (χ2n) is 8.40. The number of rotatable bonds is 6. The number of aryl methyl sites for hydroxylation is 1. The van der Waals surface area contributed by atoms with Crippen molar-refractivity contribution in [3.05, 3.63) is 40.6 Å². The summed E-state index contributed by atoms with van der Waals surface area (Å²) in [5, 5.41) is 9.41. The quantitative estimate of drug-likeness (QED) is 0.327. The van der Waals surface area contributed by atoms with Crippen molar-refractivity contribution >= 4 is 17.6 Å². The van der Waals surface area contributed by atoms with Crippen molar-refractivity contribution in [3.63, 3.8) is 0 Å². The summed E-state index contributed by atoms with van der Waals surface area (Å²) in [7, 11) is 0. The number of aromatic nitrogens is 2. The topological polar surface area (TPSA) is 106 Å². The number of carbonyl (C=O) groups excluding carboxylic acids is 1. The highest BCUT2D eigenvalue weighted by Crippen LogP contribution is 2.36. The van der Waals surface area contributed by atoms with E-state index in [4.69, 9.17) is 5.73 Å². The molecule has 1 amide bonds. The molecule has 14 heteroatoms. The summed E-state index contributed by atoms with van der Waals surface area (Å²) >= 11 is 0. The summed E-state index contributed by atoms with van der Waals surface area (Å²) in [6, 6.07) is 0.869. The summed E-state index contributed by atoms with van der Waals surface area (Å²) in [4.78, 5) is 16.6. The van der Waals surface area contributed by atoms with Gasteiger partial charge in [-0.1, -0.05) is 6.92 Å². The van der Waals surface area contributed by atoms with Gasteiger partial charge in [0.05, 0.1) is 17.2 Å². The number of anilines is 1. The second kappa shape index (κ2) is 10.2. The Labute approximate surface area is 194 Å². The second-order valence-corrected chi connectivity index (χ2v) is 8.40. The lowest BCUT2D eigenvalue weighted by Crippen LogP contribution is -2.29. The Morgan fingerprint density at radius 2 is 1.74 bits per heavy atom. The van der Waals surface area contributed by atoms with Crippen molar-refractivity contribution in [3.8, 4) is 0 Å². The van der Waals surface area contributed by atoms with Crippen LogP contribution in [0.25, 0.3) is 0 Å². The molecule has 3 rings (SSSR count). The molecule has 7 nitrogen and oxygen atoms in total. The first-order valence-corrected chi connectivity index (χ1v) is 10.6. The van der Waals surface area contributed by atoms with Gasteiger partial charge < -0.3 is 11.1 Å². The van der Waals surface area contributed by atoms with E-state index in [2.05, 4.69) is 25.3 Å². The van der Waals surface area contributed by atoms with E-state index >= 15 is 0 Å². The summed E-state index contributed by atoms with van der Waals surface area (Å²) < 4.78 is 96.2. The third-order valence-electron chi connectivity index (χ3n) is 5.64. The molecule has 3 atom stereocenters. The molecule has 1 aromatic carbocycles. The highest BCUT2D eigenvalue weighted by molar-refractivity contribution is 6.03. The van der Waals surface area contributed by atoms with E-state index in [-0.39, 0.29) is 40.9 Å². The summed E-state index contributed by atoms with van der Waals surface area (Å²) in [5.41, 5.74) is 2.59. The molecule has 0 radical (unpaired) electrons. The zero-order valence-electron chi connectivity index (χ0n) is 18.4. The summed E-state index contributed by atoms with van der Waals surface area (Å²) in [5.74, 6) is -1.28. The summed E-state index contributed by atoms with van der Waals surface area (Å²) in [6.07, 6.45) is -10.5. The first kappa shape index (κ1) is 26.4. The maximum atomic E-state index is 13.6. The SMILES string of the molecule is C[C@H]1C[C@@H](N=C(N)c2nonc2NC(=O)CCc2cc(C(F)(F)F)cc(C(F)(F)F)c2)CCC1F. The number of nitrogens with zero attached hydrogens (tertiary/aromatic N) is 3. The van der Waals surface area contributed by atoms with Crippen molar-refractivity contribution in [2.75, 3.05) is 5.32 Å². The van der Waals surface area contributed by atoms with Gasteiger partial charge in [-0.15, -0.1) is 0 Å². The Morgan fingerprint density at radius 1 is 1.11 bits per heavy atom. The molecule has 192 valence electrons. The highest BCUT2D eigenvalue weighted by Gasteiger charge is 2.37. The summed E-state index contributed by atoms with van der Waals surface area (Å²) in [6.45, 7) is 1.76. The van der Waals surface area contributed by atoms with Crippen LogP contribution in [0.1, 0.15) is 55.0 Å². The first-order valence-electron chi connectivity index (χ1n) is 10.6. The third-order valence-corrected chi connectivity index (χ3v) is 5.64. The number of aliphatic imine (C=N–C) groups is 1. The molecule has 1 heterocycles. The van der Waals surface area contributed by atoms with Crippen LogP contribution < -0.4 is 11.1 Å². The van der Waals surface area contributed by atoms with E-state index < -0.39 is 48.4 Å². The number of carbonyl (C=O) groups is 1. The zero-order chi connectivity index (χ0) is 26.0.